The maximum atomic E-state index is 12.4. The monoisotopic (exact) mass is 327 g/mol. The first-order valence-corrected chi connectivity index (χ1v) is 7.51. The number of nitrogens with zero attached hydrogens (tertiary/aromatic N) is 3. The van der Waals surface area contributed by atoms with Crippen LogP contribution in [0.2, 0.25) is 0 Å². The quantitative estimate of drug-likeness (QED) is 0.695. The molecule has 8 heteroatoms. The van der Waals surface area contributed by atoms with Gasteiger partial charge in [-0.05, 0) is 18.2 Å². The number of amides is 1. The lowest BCUT2D eigenvalue weighted by atomic mass is 10.2. The molecule has 1 amide bonds. The van der Waals surface area contributed by atoms with Crippen molar-refractivity contribution in [3.05, 3.63) is 63.1 Å². The zero-order chi connectivity index (χ0) is 17.1. The Hall–Kier alpha value is -3.16. The van der Waals surface area contributed by atoms with Gasteiger partial charge in [-0.2, -0.15) is 5.10 Å². The van der Waals surface area contributed by atoms with E-state index in [0.717, 1.165) is 10.3 Å². The number of para-hydroxylation sites is 1. The minimum atomic E-state index is -0.516. The molecule has 3 aromatic rings. The van der Waals surface area contributed by atoms with Gasteiger partial charge < -0.3 is 10.3 Å². The molecule has 0 radical (unpaired) electrons. The van der Waals surface area contributed by atoms with Gasteiger partial charge in [0.1, 0.15) is 0 Å². The summed E-state index contributed by atoms with van der Waals surface area (Å²) < 4.78 is 2.71. The van der Waals surface area contributed by atoms with Crippen LogP contribution in [0.5, 0.6) is 0 Å². The van der Waals surface area contributed by atoms with Gasteiger partial charge in [0.05, 0.1) is 23.1 Å². The SMILES string of the molecule is Cn1nccc1CNC(=O)CCn1c(=O)[nH]c2ccccc2c1=O. The fraction of sp³-hybridized carbons (Fsp3) is 0.250. The van der Waals surface area contributed by atoms with Crippen molar-refractivity contribution in [2.24, 2.45) is 7.05 Å². The fourth-order valence-corrected chi connectivity index (χ4v) is 2.47. The van der Waals surface area contributed by atoms with E-state index in [1.54, 1.807) is 48.3 Å². The Kier molecular flexibility index (Phi) is 4.28. The van der Waals surface area contributed by atoms with Crippen molar-refractivity contribution in [2.75, 3.05) is 0 Å². The van der Waals surface area contributed by atoms with Crippen LogP contribution in [0.25, 0.3) is 10.9 Å². The van der Waals surface area contributed by atoms with Gasteiger partial charge in [-0.15, -0.1) is 0 Å². The molecule has 0 atom stereocenters. The number of carbonyl (C=O) groups excluding carboxylic acids is 1. The smallest absolute Gasteiger partial charge is 0.328 e. The third kappa shape index (κ3) is 3.12. The zero-order valence-electron chi connectivity index (χ0n) is 13.2. The Morgan fingerprint density at radius 2 is 2.04 bits per heavy atom. The number of hydrogen-bond donors (Lipinski definition) is 2. The molecule has 0 bridgehead atoms. The summed E-state index contributed by atoms with van der Waals surface area (Å²) in [5.74, 6) is -0.240. The van der Waals surface area contributed by atoms with Crippen LogP contribution in [0.3, 0.4) is 0 Å². The van der Waals surface area contributed by atoms with Crippen LogP contribution in [0.1, 0.15) is 12.1 Å². The molecule has 0 spiro atoms. The summed E-state index contributed by atoms with van der Waals surface area (Å²) in [6.07, 6.45) is 1.69. The highest BCUT2D eigenvalue weighted by molar-refractivity contribution is 5.77. The maximum Gasteiger partial charge on any atom is 0.328 e. The summed E-state index contributed by atoms with van der Waals surface area (Å²) in [6, 6.07) is 8.59. The van der Waals surface area contributed by atoms with E-state index in [-0.39, 0.29) is 18.9 Å². The average Bonchev–Trinajstić information content (AvgIpc) is 2.98. The first-order chi connectivity index (χ1) is 11.6. The molecule has 3 rings (SSSR count). The fourth-order valence-electron chi connectivity index (χ4n) is 2.47. The number of fused-ring (bicyclic) bond motifs is 1. The highest BCUT2D eigenvalue weighted by atomic mass is 16.2. The summed E-state index contributed by atoms with van der Waals surface area (Å²) in [5.41, 5.74) is 0.445. The van der Waals surface area contributed by atoms with Gasteiger partial charge in [-0.1, -0.05) is 12.1 Å². The second-order valence-corrected chi connectivity index (χ2v) is 5.41. The standard InChI is InChI=1S/C16H17N5O3/c1-20-11(6-8-18-20)10-17-14(22)7-9-21-15(23)12-4-2-3-5-13(12)19-16(21)24/h2-6,8H,7,9-10H2,1H3,(H,17,22)(H,19,24). The molecule has 0 aliphatic heterocycles. The summed E-state index contributed by atoms with van der Waals surface area (Å²) in [4.78, 5) is 39.0. The number of aromatic nitrogens is 4. The Balaban J connectivity index is 1.69. The molecule has 2 N–H and O–H groups in total. The van der Waals surface area contributed by atoms with Crippen molar-refractivity contribution in [2.45, 2.75) is 19.5 Å². The van der Waals surface area contributed by atoms with Crippen LogP contribution >= 0.6 is 0 Å². The van der Waals surface area contributed by atoms with Crippen molar-refractivity contribution >= 4 is 16.8 Å². The molecule has 0 aliphatic carbocycles. The van der Waals surface area contributed by atoms with Gasteiger partial charge in [-0.25, -0.2) is 4.79 Å². The van der Waals surface area contributed by atoms with Crippen LogP contribution in [0, 0.1) is 0 Å². The van der Waals surface area contributed by atoms with E-state index in [1.807, 2.05) is 0 Å². The first-order valence-electron chi connectivity index (χ1n) is 7.51. The van der Waals surface area contributed by atoms with Crippen molar-refractivity contribution in [3.8, 4) is 0 Å². The van der Waals surface area contributed by atoms with E-state index in [0.29, 0.717) is 17.4 Å². The topological polar surface area (TPSA) is 102 Å². The zero-order valence-corrected chi connectivity index (χ0v) is 13.2. The van der Waals surface area contributed by atoms with Gasteiger partial charge >= 0.3 is 5.69 Å². The van der Waals surface area contributed by atoms with Gasteiger partial charge in [0, 0.05) is 26.2 Å². The summed E-state index contributed by atoms with van der Waals surface area (Å²) >= 11 is 0. The van der Waals surface area contributed by atoms with Crippen molar-refractivity contribution in [1.29, 1.82) is 0 Å². The highest BCUT2D eigenvalue weighted by Gasteiger charge is 2.09. The van der Waals surface area contributed by atoms with E-state index < -0.39 is 11.2 Å². The number of benzene rings is 1. The molecule has 124 valence electrons. The molecular formula is C16H17N5O3. The lowest BCUT2D eigenvalue weighted by Crippen LogP contribution is -2.36. The number of aromatic amines is 1. The van der Waals surface area contributed by atoms with Crippen LogP contribution < -0.4 is 16.6 Å². The van der Waals surface area contributed by atoms with E-state index in [1.165, 1.54) is 0 Å². The Morgan fingerprint density at radius 1 is 1.25 bits per heavy atom. The Labute approximate surface area is 136 Å². The molecular weight excluding hydrogens is 310 g/mol. The molecule has 1 aromatic carbocycles. The van der Waals surface area contributed by atoms with Gasteiger partial charge in [-0.3, -0.25) is 18.8 Å². The number of carbonyl (C=O) groups is 1. The first kappa shape index (κ1) is 15.7. The summed E-state index contributed by atoms with van der Waals surface area (Å²) in [6.45, 7) is 0.370. The predicted octanol–water partition coefficient (Wildman–Crippen LogP) is 0.130. The van der Waals surface area contributed by atoms with Gasteiger partial charge in [0.25, 0.3) is 5.56 Å². The summed E-state index contributed by atoms with van der Waals surface area (Å²) in [5, 5.41) is 7.18. The van der Waals surface area contributed by atoms with Gasteiger partial charge in [0.15, 0.2) is 0 Å². The van der Waals surface area contributed by atoms with E-state index in [9.17, 15) is 14.4 Å². The maximum absolute atomic E-state index is 12.4. The average molecular weight is 327 g/mol. The number of hydrogen-bond acceptors (Lipinski definition) is 4. The molecule has 8 nitrogen and oxygen atoms in total. The minimum Gasteiger partial charge on any atom is -0.350 e. The molecule has 2 aromatic heterocycles. The molecule has 24 heavy (non-hydrogen) atoms. The Bertz CT molecular complexity index is 999. The van der Waals surface area contributed by atoms with Crippen LogP contribution in [0.4, 0.5) is 0 Å². The lowest BCUT2D eigenvalue weighted by Gasteiger charge is -2.08. The molecule has 0 saturated carbocycles. The largest absolute Gasteiger partial charge is 0.350 e. The third-order valence-electron chi connectivity index (χ3n) is 3.84. The predicted molar refractivity (Wildman–Crippen MR) is 88.5 cm³/mol. The normalized spacial score (nSPS) is 10.9. The second-order valence-electron chi connectivity index (χ2n) is 5.41. The third-order valence-corrected chi connectivity index (χ3v) is 3.84. The van der Waals surface area contributed by atoms with Crippen molar-refractivity contribution in [1.82, 2.24) is 24.6 Å². The summed E-state index contributed by atoms with van der Waals surface area (Å²) in [7, 11) is 1.79. The number of H-pyrrole nitrogens is 1. The minimum absolute atomic E-state index is 0.0240. The highest BCUT2D eigenvalue weighted by Crippen LogP contribution is 2.03. The van der Waals surface area contributed by atoms with E-state index in [2.05, 4.69) is 15.4 Å². The van der Waals surface area contributed by atoms with E-state index in [4.69, 9.17) is 0 Å². The molecule has 2 heterocycles. The molecule has 0 fully saturated rings. The molecule has 0 unspecified atom stereocenters. The molecule has 0 saturated heterocycles. The van der Waals surface area contributed by atoms with Crippen LogP contribution in [-0.4, -0.2) is 25.2 Å². The second kappa shape index (κ2) is 6.53. The van der Waals surface area contributed by atoms with E-state index >= 15 is 0 Å². The van der Waals surface area contributed by atoms with Crippen LogP contribution in [0.15, 0.2) is 46.1 Å². The van der Waals surface area contributed by atoms with Crippen molar-refractivity contribution in [3.63, 3.8) is 0 Å². The number of rotatable bonds is 5. The lowest BCUT2D eigenvalue weighted by molar-refractivity contribution is -0.121. The molecule has 0 aliphatic rings. The number of aryl methyl sites for hydroxylation is 1. The number of nitrogens with one attached hydrogen (secondary N) is 2. The van der Waals surface area contributed by atoms with Gasteiger partial charge in [0.2, 0.25) is 5.91 Å². The Morgan fingerprint density at radius 3 is 2.79 bits per heavy atom. The van der Waals surface area contributed by atoms with Crippen molar-refractivity contribution < 1.29 is 4.79 Å². The van der Waals surface area contributed by atoms with Crippen LogP contribution in [-0.2, 0) is 24.9 Å².